The normalized spacial score (nSPS) is 16.8. The smallest absolute Gasteiger partial charge is 0.263 e. The molecule has 1 fully saturated rings. The Balaban J connectivity index is 1.48. The molecule has 1 N–H and O–H groups in total. The van der Waals surface area contributed by atoms with E-state index in [0.717, 1.165) is 29.7 Å². The summed E-state index contributed by atoms with van der Waals surface area (Å²) in [7, 11) is -3.62. The van der Waals surface area contributed by atoms with E-state index in [9.17, 15) is 13.2 Å². The summed E-state index contributed by atoms with van der Waals surface area (Å²) in [5.74, 6) is 0.929. The molecular formula is C17H18N2O5S2. The Labute approximate surface area is 155 Å². The second-order valence-corrected chi connectivity index (χ2v) is 8.92. The highest BCUT2D eigenvalue weighted by Gasteiger charge is 2.31. The van der Waals surface area contributed by atoms with E-state index in [0.29, 0.717) is 24.6 Å². The zero-order chi connectivity index (χ0) is 18.1. The van der Waals surface area contributed by atoms with E-state index in [1.807, 2.05) is 6.07 Å². The number of thiophene rings is 1. The van der Waals surface area contributed by atoms with Crippen molar-refractivity contribution < 1.29 is 22.7 Å². The van der Waals surface area contributed by atoms with Crippen LogP contribution in [0.15, 0.2) is 34.5 Å². The van der Waals surface area contributed by atoms with Crippen molar-refractivity contribution in [2.24, 2.45) is 0 Å². The van der Waals surface area contributed by atoms with Gasteiger partial charge in [0.2, 0.25) is 16.8 Å². The number of carbonyl (C=O) groups excluding carboxylic acids is 1. The molecule has 7 nitrogen and oxygen atoms in total. The summed E-state index contributed by atoms with van der Waals surface area (Å²) >= 11 is 1.14. The van der Waals surface area contributed by atoms with Gasteiger partial charge >= 0.3 is 0 Å². The third-order valence-corrected chi connectivity index (χ3v) is 7.39. The fourth-order valence-corrected chi connectivity index (χ4v) is 5.88. The van der Waals surface area contributed by atoms with Crippen LogP contribution in [0.5, 0.6) is 11.5 Å². The predicted molar refractivity (Wildman–Crippen MR) is 96.0 cm³/mol. The van der Waals surface area contributed by atoms with E-state index < -0.39 is 15.9 Å². The van der Waals surface area contributed by atoms with E-state index >= 15 is 0 Å². The maximum Gasteiger partial charge on any atom is 0.263 e. The van der Waals surface area contributed by atoms with Gasteiger partial charge in [0.1, 0.15) is 9.77 Å². The first kappa shape index (κ1) is 17.3. The standard InChI is InChI=1S/C17H18N2O5S2/c20-17(18-10-12-3-4-13-14(9-12)24-11-23-13)16-15(5-8-25-16)26(21,22)19-6-1-2-7-19/h3-5,8-9H,1-2,6-7,10-11H2,(H,18,20). The molecule has 1 amide bonds. The molecule has 1 aromatic carbocycles. The van der Waals surface area contributed by atoms with Crippen molar-refractivity contribution in [2.45, 2.75) is 24.3 Å². The Hall–Kier alpha value is -2.10. The van der Waals surface area contributed by atoms with Gasteiger partial charge in [-0.1, -0.05) is 6.07 Å². The van der Waals surface area contributed by atoms with Crippen molar-refractivity contribution in [3.05, 3.63) is 40.1 Å². The minimum absolute atomic E-state index is 0.0904. The Morgan fingerprint density at radius 3 is 2.73 bits per heavy atom. The molecule has 0 atom stereocenters. The molecule has 0 unspecified atom stereocenters. The van der Waals surface area contributed by atoms with Gasteiger partial charge in [0.25, 0.3) is 5.91 Å². The lowest BCUT2D eigenvalue weighted by molar-refractivity contribution is 0.0951. The molecule has 1 saturated heterocycles. The number of nitrogens with zero attached hydrogens (tertiary/aromatic N) is 1. The van der Waals surface area contributed by atoms with Crippen LogP contribution >= 0.6 is 11.3 Å². The van der Waals surface area contributed by atoms with Gasteiger partial charge < -0.3 is 14.8 Å². The Bertz CT molecular complexity index is 932. The van der Waals surface area contributed by atoms with Gasteiger partial charge in [-0.25, -0.2) is 8.42 Å². The number of carbonyl (C=O) groups is 1. The molecule has 0 radical (unpaired) electrons. The quantitative estimate of drug-likeness (QED) is 0.840. The van der Waals surface area contributed by atoms with Crippen LogP contribution in [0.2, 0.25) is 0 Å². The Morgan fingerprint density at radius 2 is 1.92 bits per heavy atom. The van der Waals surface area contributed by atoms with E-state index in [4.69, 9.17) is 9.47 Å². The Kier molecular flexibility index (Phi) is 4.60. The molecule has 0 aliphatic carbocycles. The highest BCUT2D eigenvalue weighted by atomic mass is 32.2. The van der Waals surface area contributed by atoms with Crippen LogP contribution in [0, 0.1) is 0 Å². The number of ether oxygens (including phenoxy) is 2. The molecule has 1 aromatic heterocycles. The van der Waals surface area contributed by atoms with Gasteiger partial charge in [0.15, 0.2) is 11.5 Å². The first-order valence-corrected chi connectivity index (χ1v) is 10.6. The third-order valence-electron chi connectivity index (χ3n) is 4.41. The number of sulfonamides is 1. The number of rotatable bonds is 5. The molecule has 2 aliphatic rings. The second-order valence-electron chi connectivity index (χ2n) is 6.10. The molecule has 4 rings (SSSR count). The van der Waals surface area contributed by atoms with E-state index in [1.165, 1.54) is 10.4 Å². The monoisotopic (exact) mass is 394 g/mol. The van der Waals surface area contributed by atoms with Crippen molar-refractivity contribution in [2.75, 3.05) is 19.9 Å². The lowest BCUT2D eigenvalue weighted by atomic mass is 10.2. The van der Waals surface area contributed by atoms with Crippen molar-refractivity contribution in [3.8, 4) is 11.5 Å². The first-order chi connectivity index (χ1) is 12.6. The SMILES string of the molecule is O=C(NCc1ccc2c(c1)OCO2)c1sccc1S(=O)(=O)N1CCCC1. The number of amides is 1. The van der Waals surface area contributed by atoms with E-state index in [2.05, 4.69) is 5.32 Å². The van der Waals surface area contributed by atoms with Crippen LogP contribution in [0.1, 0.15) is 28.1 Å². The molecule has 2 aliphatic heterocycles. The summed E-state index contributed by atoms with van der Waals surface area (Å²) in [5.41, 5.74) is 0.850. The summed E-state index contributed by atoms with van der Waals surface area (Å²) in [6.07, 6.45) is 1.71. The third kappa shape index (κ3) is 3.17. The molecule has 2 aromatic rings. The lowest BCUT2D eigenvalue weighted by Gasteiger charge is -2.15. The van der Waals surface area contributed by atoms with Crippen molar-refractivity contribution in [1.29, 1.82) is 0 Å². The molecule has 0 bridgehead atoms. The molecule has 0 saturated carbocycles. The maximum absolute atomic E-state index is 12.7. The number of fused-ring (bicyclic) bond motifs is 1. The first-order valence-electron chi connectivity index (χ1n) is 8.30. The summed E-state index contributed by atoms with van der Waals surface area (Å²) in [5, 5.41) is 4.43. The molecule has 26 heavy (non-hydrogen) atoms. The largest absolute Gasteiger partial charge is 0.454 e. The van der Waals surface area contributed by atoms with Crippen LogP contribution in [0.25, 0.3) is 0 Å². The van der Waals surface area contributed by atoms with Crippen molar-refractivity contribution >= 4 is 27.3 Å². The van der Waals surface area contributed by atoms with Gasteiger partial charge in [0, 0.05) is 19.6 Å². The van der Waals surface area contributed by atoms with Crippen LogP contribution in [-0.4, -0.2) is 38.5 Å². The molecule has 9 heteroatoms. The van der Waals surface area contributed by atoms with Crippen molar-refractivity contribution in [1.82, 2.24) is 9.62 Å². The van der Waals surface area contributed by atoms with Crippen LogP contribution in [0.4, 0.5) is 0 Å². The predicted octanol–water partition coefficient (Wildman–Crippen LogP) is 2.19. The number of nitrogens with one attached hydrogen (secondary N) is 1. The summed E-state index contributed by atoms with van der Waals surface area (Å²) in [6.45, 7) is 1.49. The zero-order valence-corrected chi connectivity index (χ0v) is 15.6. The average Bonchev–Trinajstić information content (AvgIpc) is 3.40. The van der Waals surface area contributed by atoms with E-state index in [1.54, 1.807) is 17.5 Å². The maximum atomic E-state index is 12.7. The second kappa shape index (κ2) is 6.90. The lowest BCUT2D eigenvalue weighted by Crippen LogP contribution is -2.30. The number of hydrogen-bond donors (Lipinski definition) is 1. The summed E-state index contributed by atoms with van der Waals surface area (Å²) < 4.78 is 37.5. The minimum Gasteiger partial charge on any atom is -0.454 e. The number of benzene rings is 1. The average molecular weight is 394 g/mol. The highest BCUT2D eigenvalue weighted by Crippen LogP contribution is 2.32. The molecule has 3 heterocycles. The fourth-order valence-electron chi connectivity index (χ4n) is 3.05. The molecule has 0 spiro atoms. The van der Waals surface area contributed by atoms with Gasteiger partial charge in [-0.15, -0.1) is 11.3 Å². The molecular weight excluding hydrogens is 376 g/mol. The van der Waals surface area contributed by atoms with Crippen molar-refractivity contribution in [3.63, 3.8) is 0 Å². The zero-order valence-electron chi connectivity index (χ0n) is 13.9. The fraction of sp³-hybridized carbons (Fsp3) is 0.353. The molecule has 138 valence electrons. The van der Waals surface area contributed by atoms with Gasteiger partial charge in [-0.05, 0) is 42.0 Å². The van der Waals surface area contributed by atoms with Gasteiger partial charge in [-0.3, -0.25) is 4.79 Å². The van der Waals surface area contributed by atoms with Crippen LogP contribution < -0.4 is 14.8 Å². The number of hydrogen-bond acceptors (Lipinski definition) is 6. The Morgan fingerprint density at radius 1 is 1.15 bits per heavy atom. The highest BCUT2D eigenvalue weighted by molar-refractivity contribution is 7.89. The van der Waals surface area contributed by atoms with Crippen LogP contribution in [-0.2, 0) is 16.6 Å². The summed E-state index contributed by atoms with van der Waals surface area (Å²) in [4.78, 5) is 12.9. The van der Waals surface area contributed by atoms with Gasteiger partial charge in [0.05, 0.1) is 0 Å². The van der Waals surface area contributed by atoms with Gasteiger partial charge in [-0.2, -0.15) is 4.31 Å². The summed E-state index contributed by atoms with van der Waals surface area (Å²) in [6, 6.07) is 6.94. The minimum atomic E-state index is -3.62. The van der Waals surface area contributed by atoms with Crippen LogP contribution in [0.3, 0.4) is 0 Å². The van der Waals surface area contributed by atoms with E-state index in [-0.39, 0.29) is 23.1 Å². The topological polar surface area (TPSA) is 84.9 Å².